The van der Waals surface area contributed by atoms with Crippen LogP contribution in [0.5, 0.6) is 0 Å². The Hall–Kier alpha value is -3.47. The molecular weight excluding hydrogens is 439 g/mol. The number of rotatable bonds is 8. The van der Waals surface area contributed by atoms with Gasteiger partial charge in [-0.1, -0.05) is 71.8 Å². The lowest BCUT2D eigenvalue weighted by molar-refractivity contribution is -0.141. The summed E-state index contributed by atoms with van der Waals surface area (Å²) in [6, 6.07) is 21.1. The summed E-state index contributed by atoms with van der Waals surface area (Å²) in [6.45, 7) is 9.99. The maximum Gasteiger partial charge on any atom is 0.243 e. The van der Waals surface area contributed by atoms with Gasteiger partial charge in [-0.05, 0) is 63.4 Å². The fourth-order valence-electron chi connectivity index (χ4n) is 4.24. The molecule has 184 valence electrons. The molecule has 35 heavy (non-hydrogen) atoms. The topological polar surface area (TPSA) is 49.4 Å². The summed E-state index contributed by atoms with van der Waals surface area (Å²) in [5.74, 6) is -0.699. The zero-order valence-corrected chi connectivity index (χ0v) is 21.3. The number of aryl methyl sites for hydroxylation is 2. The third-order valence-electron chi connectivity index (χ3n) is 5.67. The number of hydrogen-bond acceptors (Lipinski definition) is 2. The summed E-state index contributed by atoms with van der Waals surface area (Å²) in [6.07, 6.45) is 0.556. The lowest BCUT2D eigenvalue weighted by Crippen LogP contribution is -2.54. The molecule has 0 aromatic heterocycles. The molecule has 3 aromatic carbocycles. The van der Waals surface area contributed by atoms with E-state index in [0.29, 0.717) is 6.42 Å². The van der Waals surface area contributed by atoms with Gasteiger partial charge in [-0.15, -0.1) is 0 Å². The van der Waals surface area contributed by atoms with Crippen molar-refractivity contribution in [3.8, 4) is 0 Å². The summed E-state index contributed by atoms with van der Waals surface area (Å²) in [4.78, 5) is 29.0. The average Bonchev–Trinajstić information content (AvgIpc) is 2.76. The predicted octanol–water partition coefficient (Wildman–Crippen LogP) is 5.54. The predicted molar refractivity (Wildman–Crippen MR) is 138 cm³/mol. The number of hydrogen-bond donors (Lipinski definition) is 1. The highest BCUT2D eigenvalue weighted by Gasteiger charge is 2.32. The first kappa shape index (κ1) is 26.1. The number of halogens is 1. The Bertz CT molecular complexity index is 1130. The second kappa shape index (κ2) is 11.3. The summed E-state index contributed by atoms with van der Waals surface area (Å²) in [7, 11) is 0. The molecule has 1 N–H and O–H groups in total. The lowest BCUT2D eigenvalue weighted by atomic mass is 9.99. The number of nitrogens with one attached hydrogen (secondary N) is 1. The minimum atomic E-state index is -0.722. The van der Waals surface area contributed by atoms with Crippen LogP contribution in [0.3, 0.4) is 0 Å². The molecule has 0 heterocycles. The van der Waals surface area contributed by atoms with Crippen molar-refractivity contribution >= 4 is 11.8 Å². The molecular formula is C30H35FN2O2. The number of benzene rings is 3. The van der Waals surface area contributed by atoms with E-state index < -0.39 is 11.6 Å². The van der Waals surface area contributed by atoms with Crippen molar-refractivity contribution < 1.29 is 14.0 Å². The van der Waals surface area contributed by atoms with E-state index in [1.165, 1.54) is 12.1 Å². The minimum Gasteiger partial charge on any atom is -0.350 e. The largest absolute Gasteiger partial charge is 0.350 e. The molecule has 0 aliphatic rings. The van der Waals surface area contributed by atoms with E-state index >= 15 is 0 Å². The first-order valence-electron chi connectivity index (χ1n) is 12.0. The van der Waals surface area contributed by atoms with Crippen LogP contribution in [0.1, 0.15) is 48.6 Å². The Morgan fingerprint density at radius 3 is 2.03 bits per heavy atom. The highest BCUT2D eigenvalue weighted by molar-refractivity contribution is 5.89. The van der Waals surface area contributed by atoms with Crippen LogP contribution in [-0.4, -0.2) is 28.3 Å². The molecule has 5 heteroatoms. The molecule has 0 spiro atoms. The van der Waals surface area contributed by atoms with E-state index in [-0.39, 0.29) is 30.6 Å². The second-order valence-electron chi connectivity index (χ2n) is 10.3. The fourth-order valence-corrected chi connectivity index (χ4v) is 4.24. The van der Waals surface area contributed by atoms with Crippen molar-refractivity contribution in [1.29, 1.82) is 0 Å². The maximum atomic E-state index is 13.8. The van der Waals surface area contributed by atoms with Gasteiger partial charge in [-0.25, -0.2) is 4.39 Å². The Kier molecular flexibility index (Phi) is 8.44. The van der Waals surface area contributed by atoms with Gasteiger partial charge >= 0.3 is 0 Å². The molecule has 2 amide bonds. The van der Waals surface area contributed by atoms with Crippen LogP contribution in [0.2, 0.25) is 0 Å². The average molecular weight is 475 g/mol. The van der Waals surface area contributed by atoms with Gasteiger partial charge in [0.05, 0.1) is 6.42 Å². The number of carbonyl (C=O) groups excluding carboxylic acids is 2. The molecule has 0 aliphatic heterocycles. The summed E-state index contributed by atoms with van der Waals surface area (Å²) >= 11 is 0. The van der Waals surface area contributed by atoms with Crippen LogP contribution in [0.15, 0.2) is 72.8 Å². The van der Waals surface area contributed by atoms with Gasteiger partial charge in [0.1, 0.15) is 11.9 Å². The Balaban J connectivity index is 2.00. The normalized spacial score (nSPS) is 12.2. The zero-order valence-electron chi connectivity index (χ0n) is 21.3. The van der Waals surface area contributed by atoms with Crippen LogP contribution >= 0.6 is 0 Å². The SMILES string of the molecule is Cc1cc(C)cc(CC(=O)N(Cc2ccc(F)cc2)[C@H](Cc2ccccc2)C(=O)NC(C)(C)C)c1. The van der Waals surface area contributed by atoms with Crippen LogP contribution in [0.4, 0.5) is 4.39 Å². The summed E-state index contributed by atoms with van der Waals surface area (Å²) in [5, 5.41) is 3.06. The Morgan fingerprint density at radius 2 is 1.46 bits per heavy atom. The van der Waals surface area contributed by atoms with Crippen LogP contribution < -0.4 is 5.32 Å². The van der Waals surface area contributed by atoms with E-state index in [1.807, 2.05) is 77.1 Å². The number of amides is 2. The molecule has 0 bridgehead atoms. The van der Waals surface area contributed by atoms with E-state index in [2.05, 4.69) is 11.4 Å². The quantitative estimate of drug-likeness (QED) is 0.466. The standard InChI is InChI=1S/C30H35FN2O2/c1-21-15-22(2)17-25(16-21)19-28(34)33(20-24-11-13-26(31)14-12-24)27(29(35)32-30(3,4)5)18-23-9-7-6-8-10-23/h6-17,27H,18-20H2,1-5H3,(H,32,35)/t27-/m1/s1. The first-order valence-corrected chi connectivity index (χ1v) is 12.0. The van der Waals surface area contributed by atoms with Gasteiger partial charge < -0.3 is 10.2 Å². The van der Waals surface area contributed by atoms with E-state index in [1.54, 1.807) is 17.0 Å². The van der Waals surface area contributed by atoms with Gasteiger partial charge in [0.2, 0.25) is 11.8 Å². The summed E-state index contributed by atoms with van der Waals surface area (Å²) in [5.41, 5.74) is 4.36. The molecule has 0 saturated carbocycles. The molecule has 0 saturated heterocycles. The molecule has 3 aromatic rings. The van der Waals surface area contributed by atoms with Crippen LogP contribution in [0.25, 0.3) is 0 Å². The minimum absolute atomic E-state index is 0.149. The molecule has 0 aliphatic carbocycles. The van der Waals surface area contributed by atoms with E-state index in [0.717, 1.165) is 27.8 Å². The van der Waals surface area contributed by atoms with Crippen molar-refractivity contribution in [2.45, 2.75) is 65.6 Å². The zero-order chi connectivity index (χ0) is 25.6. The van der Waals surface area contributed by atoms with Crippen molar-refractivity contribution in [3.05, 3.63) is 106 Å². The summed E-state index contributed by atoms with van der Waals surface area (Å²) < 4.78 is 13.6. The second-order valence-corrected chi connectivity index (χ2v) is 10.3. The van der Waals surface area contributed by atoms with Crippen LogP contribution in [0, 0.1) is 19.7 Å². The molecule has 3 rings (SSSR count). The molecule has 0 fully saturated rings. The van der Waals surface area contributed by atoms with Gasteiger partial charge in [0, 0.05) is 18.5 Å². The van der Waals surface area contributed by atoms with Crippen molar-refractivity contribution in [2.24, 2.45) is 0 Å². The third kappa shape index (κ3) is 8.06. The fraction of sp³-hybridized carbons (Fsp3) is 0.333. The molecule has 1 atom stereocenters. The van der Waals surface area contributed by atoms with E-state index in [9.17, 15) is 14.0 Å². The van der Waals surface area contributed by atoms with Gasteiger partial charge in [-0.2, -0.15) is 0 Å². The lowest BCUT2D eigenvalue weighted by Gasteiger charge is -2.34. The highest BCUT2D eigenvalue weighted by atomic mass is 19.1. The molecule has 0 radical (unpaired) electrons. The first-order chi connectivity index (χ1) is 16.5. The molecule has 0 unspecified atom stereocenters. The monoisotopic (exact) mass is 474 g/mol. The number of carbonyl (C=O) groups is 2. The van der Waals surface area contributed by atoms with Gasteiger partial charge in [0.15, 0.2) is 0 Å². The van der Waals surface area contributed by atoms with E-state index in [4.69, 9.17) is 0 Å². The third-order valence-corrected chi connectivity index (χ3v) is 5.67. The van der Waals surface area contributed by atoms with Crippen LogP contribution in [-0.2, 0) is 29.0 Å². The van der Waals surface area contributed by atoms with Crippen molar-refractivity contribution in [3.63, 3.8) is 0 Å². The Morgan fingerprint density at radius 1 is 0.857 bits per heavy atom. The van der Waals surface area contributed by atoms with Gasteiger partial charge in [-0.3, -0.25) is 9.59 Å². The van der Waals surface area contributed by atoms with Crippen molar-refractivity contribution in [2.75, 3.05) is 0 Å². The number of nitrogens with zero attached hydrogens (tertiary/aromatic N) is 1. The smallest absolute Gasteiger partial charge is 0.243 e. The highest BCUT2D eigenvalue weighted by Crippen LogP contribution is 2.19. The molecule has 4 nitrogen and oxygen atoms in total. The van der Waals surface area contributed by atoms with Gasteiger partial charge in [0.25, 0.3) is 0 Å². The maximum absolute atomic E-state index is 13.8. The Labute approximate surface area is 208 Å². The van der Waals surface area contributed by atoms with Crippen molar-refractivity contribution in [1.82, 2.24) is 10.2 Å².